The first-order valence-corrected chi connectivity index (χ1v) is 14.9. The molecule has 3 aliphatic heterocycles. The zero-order chi connectivity index (χ0) is 27.6. The van der Waals surface area contributed by atoms with Crippen LogP contribution in [0.5, 0.6) is 11.5 Å². The predicted octanol–water partition coefficient (Wildman–Crippen LogP) is 3.62. The predicted molar refractivity (Wildman–Crippen MR) is 159 cm³/mol. The largest absolute Gasteiger partial charge is 0.454 e. The minimum atomic E-state index is 0.182. The molecule has 2 aromatic carbocycles. The maximum absolute atomic E-state index is 14.0. The highest BCUT2D eigenvalue weighted by atomic mass is 16.7. The van der Waals surface area contributed by atoms with Gasteiger partial charge in [-0.1, -0.05) is 17.7 Å². The first-order chi connectivity index (χ1) is 19.5. The molecular weight excluding hydrogens is 502 g/mol. The highest BCUT2D eigenvalue weighted by Gasteiger charge is 2.27. The number of hydrogen-bond acceptors (Lipinski definition) is 6. The van der Waals surface area contributed by atoms with Crippen LogP contribution in [0.15, 0.2) is 36.4 Å². The van der Waals surface area contributed by atoms with Gasteiger partial charge in [-0.05, 0) is 70.1 Å². The first-order valence-electron chi connectivity index (χ1n) is 14.9. The van der Waals surface area contributed by atoms with Crippen molar-refractivity contribution in [1.82, 2.24) is 24.2 Å². The summed E-state index contributed by atoms with van der Waals surface area (Å²) in [5.74, 6) is 1.86. The van der Waals surface area contributed by atoms with E-state index in [2.05, 4.69) is 75.4 Å². The second-order valence-corrected chi connectivity index (χ2v) is 11.7. The monoisotopic (exact) mass is 545 g/mol. The van der Waals surface area contributed by atoms with Crippen molar-refractivity contribution in [2.45, 2.75) is 33.2 Å². The molecule has 3 aliphatic rings. The standard InChI is InChI=1S/C32H43N5O3/c1-24-5-7-28-27(21-24)31(25(2)37(28)11-4-10-34-15-13-33(3)14-16-34)32(38)36-19-17-35(18-20-36)12-9-26-6-8-29-30(22-26)40-23-39-29/h5-8,21-22H,4,9-20,23H2,1-3H3. The summed E-state index contributed by atoms with van der Waals surface area (Å²) in [6, 6.07) is 12.8. The molecule has 8 heteroatoms. The molecule has 8 nitrogen and oxygen atoms in total. The van der Waals surface area contributed by atoms with E-state index in [1.807, 2.05) is 6.07 Å². The van der Waals surface area contributed by atoms with Gasteiger partial charge in [0.15, 0.2) is 11.5 Å². The molecule has 2 fully saturated rings. The van der Waals surface area contributed by atoms with Crippen molar-refractivity contribution in [3.63, 3.8) is 0 Å². The number of hydrogen-bond donors (Lipinski definition) is 0. The maximum Gasteiger partial charge on any atom is 0.256 e. The molecule has 2 saturated heterocycles. The second-order valence-electron chi connectivity index (χ2n) is 11.7. The van der Waals surface area contributed by atoms with Crippen LogP contribution in [0.3, 0.4) is 0 Å². The van der Waals surface area contributed by atoms with Crippen LogP contribution in [-0.4, -0.2) is 109 Å². The first kappa shape index (κ1) is 27.1. The van der Waals surface area contributed by atoms with Crippen LogP contribution >= 0.6 is 0 Å². The Hall–Kier alpha value is -3.07. The van der Waals surface area contributed by atoms with Crippen LogP contribution < -0.4 is 9.47 Å². The van der Waals surface area contributed by atoms with Crippen LogP contribution in [0.25, 0.3) is 10.9 Å². The average Bonchev–Trinajstić information content (AvgIpc) is 3.54. The Morgan fingerprint density at radius 1 is 0.800 bits per heavy atom. The minimum absolute atomic E-state index is 0.182. The lowest BCUT2D eigenvalue weighted by molar-refractivity contribution is 0.0639. The van der Waals surface area contributed by atoms with E-state index < -0.39 is 0 Å². The number of piperazine rings is 2. The van der Waals surface area contributed by atoms with Crippen molar-refractivity contribution >= 4 is 16.8 Å². The number of rotatable bonds is 8. The Morgan fingerprint density at radius 3 is 2.33 bits per heavy atom. The van der Waals surface area contributed by atoms with E-state index in [9.17, 15) is 4.79 Å². The number of nitrogens with zero attached hydrogens (tertiary/aromatic N) is 5. The van der Waals surface area contributed by atoms with Crippen LogP contribution in [0, 0.1) is 13.8 Å². The molecule has 40 heavy (non-hydrogen) atoms. The van der Waals surface area contributed by atoms with Crippen molar-refractivity contribution < 1.29 is 14.3 Å². The summed E-state index contributed by atoms with van der Waals surface area (Å²) >= 11 is 0. The molecule has 6 rings (SSSR count). The fourth-order valence-electron chi connectivity index (χ4n) is 6.39. The Balaban J connectivity index is 1.09. The molecule has 4 heterocycles. The van der Waals surface area contributed by atoms with Crippen molar-refractivity contribution in [3.8, 4) is 11.5 Å². The van der Waals surface area contributed by atoms with Crippen LogP contribution in [-0.2, 0) is 13.0 Å². The van der Waals surface area contributed by atoms with E-state index >= 15 is 0 Å². The molecule has 0 spiro atoms. The van der Waals surface area contributed by atoms with Gasteiger partial charge in [-0.2, -0.15) is 0 Å². The summed E-state index contributed by atoms with van der Waals surface area (Å²) in [7, 11) is 2.20. The molecule has 0 saturated carbocycles. The van der Waals surface area contributed by atoms with Gasteiger partial charge in [0.1, 0.15) is 0 Å². The van der Waals surface area contributed by atoms with Gasteiger partial charge in [-0.25, -0.2) is 0 Å². The fraction of sp³-hybridized carbons (Fsp3) is 0.531. The molecule has 0 N–H and O–H groups in total. The zero-order valence-electron chi connectivity index (χ0n) is 24.3. The SMILES string of the molecule is Cc1ccc2c(c1)c(C(=O)N1CCN(CCc3ccc4c(c3)OCO4)CC1)c(C)n2CCCN1CCN(C)CC1. The summed E-state index contributed by atoms with van der Waals surface area (Å²) in [6.45, 7) is 15.5. The van der Waals surface area contributed by atoms with Crippen LogP contribution in [0.1, 0.15) is 33.6 Å². The van der Waals surface area contributed by atoms with Gasteiger partial charge in [0.25, 0.3) is 5.91 Å². The van der Waals surface area contributed by atoms with Crippen molar-refractivity contribution in [3.05, 3.63) is 58.8 Å². The lowest BCUT2D eigenvalue weighted by Crippen LogP contribution is -2.49. The number of amides is 1. The average molecular weight is 546 g/mol. The number of aryl methyl sites for hydroxylation is 2. The van der Waals surface area contributed by atoms with Gasteiger partial charge in [0, 0.05) is 82.0 Å². The Morgan fingerprint density at radius 2 is 1.52 bits per heavy atom. The molecular formula is C32H43N5O3. The molecule has 0 radical (unpaired) electrons. The lowest BCUT2D eigenvalue weighted by atomic mass is 10.1. The number of carbonyl (C=O) groups is 1. The smallest absolute Gasteiger partial charge is 0.256 e. The summed E-state index contributed by atoms with van der Waals surface area (Å²) in [6.07, 6.45) is 2.06. The number of aromatic nitrogens is 1. The van der Waals surface area contributed by atoms with Gasteiger partial charge >= 0.3 is 0 Å². The Labute approximate surface area is 238 Å². The Kier molecular flexibility index (Phi) is 8.01. The van der Waals surface area contributed by atoms with E-state index in [4.69, 9.17) is 9.47 Å². The van der Waals surface area contributed by atoms with Gasteiger partial charge in [-0.15, -0.1) is 0 Å². The highest BCUT2D eigenvalue weighted by molar-refractivity contribution is 6.08. The van der Waals surface area contributed by atoms with Crippen LogP contribution in [0.4, 0.5) is 0 Å². The minimum Gasteiger partial charge on any atom is -0.454 e. The second kappa shape index (κ2) is 11.8. The quantitative estimate of drug-likeness (QED) is 0.431. The molecule has 1 amide bonds. The number of likely N-dealkylation sites (N-methyl/N-ethyl adjacent to an activating group) is 1. The van der Waals surface area contributed by atoms with Crippen LogP contribution in [0.2, 0.25) is 0 Å². The Bertz CT molecular complexity index is 1350. The summed E-state index contributed by atoms with van der Waals surface area (Å²) in [5, 5.41) is 1.10. The zero-order valence-corrected chi connectivity index (χ0v) is 24.3. The van der Waals surface area contributed by atoms with E-state index in [0.717, 1.165) is 113 Å². The third kappa shape index (κ3) is 5.71. The van der Waals surface area contributed by atoms with Crippen molar-refractivity contribution in [2.75, 3.05) is 79.3 Å². The number of carbonyl (C=O) groups excluding carboxylic acids is 1. The van der Waals surface area contributed by atoms with Crippen molar-refractivity contribution in [2.24, 2.45) is 0 Å². The summed E-state index contributed by atoms with van der Waals surface area (Å²) < 4.78 is 13.4. The topological polar surface area (TPSA) is 53.4 Å². The third-order valence-corrected chi connectivity index (χ3v) is 8.96. The van der Waals surface area contributed by atoms with Crippen molar-refractivity contribution in [1.29, 1.82) is 0 Å². The number of benzene rings is 2. The molecule has 0 unspecified atom stereocenters. The summed E-state index contributed by atoms with van der Waals surface area (Å²) in [5.41, 5.74) is 5.65. The molecule has 0 bridgehead atoms. The normalized spacial score (nSPS) is 18.6. The molecule has 1 aromatic heterocycles. The number of ether oxygens (including phenoxy) is 2. The van der Waals surface area contributed by atoms with E-state index in [1.54, 1.807) is 0 Å². The lowest BCUT2D eigenvalue weighted by Gasteiger charge is -2.35. The molecule has 3 aromatic rings. The molecule has 0 atom stereocenters. The maximum atomic E-state index is 14.0. The van der Waals surface area contributed by atoms with Gasteiger partial charge in [-0.3, -0.25) is 9.69 Å². The highest BCUT2D eigenvalue weighted by Crippen LogP contribution is 2.33. The van der Waals surface area contributed by atoms with E-state index in [-0.39, 0.29) is 5.91 Å². The third-order valence-electron chi connectivity index (χ3n) is 8.96. The fourth-order valence-corrected chi connectivity index (χ4v) is 6.39. The van der Waals surface area contributed by atoms with Gasteiger partial charge < -0.3 is 28.7 Å². The molecule has 214 valence electrons. The molecule has 0 aliphatic carbocycles. The summed E-state index contributed by atoms with van der Waals surface area (Å²) in [4.78, 5) is 23.5. The van der Waals surface area contributed by atoms with Gasteiger partial charge in [0.2, 0.25) is 6.79 Å². The van der Waals surface area contributed by atoms with E-state index in [1.165, 1.54) is 16.6 Å². The number of fused-ring (bicyclic) bond motifs is 2. The van der Waals surface area contributed by atoms with E-state index in [0.29, 0.717) is 6.79 Å². The van der Waals surface area contributed by atoms with Gasteiger partial charge in [0.05, 0.1) is 5.56 Å².